The molecule has 2 heterocycles. The van der Waals surface area contributed by atoms with Crippen molar-refractivity contribution < 1.29 is 19.1 Å². The Morgan fingerprint density at radius 1 is 1.71 bits per heavy atom. The fraction of sp³-hybridized carbons (Fsp3) is 0.500. The molecule has 0 bridgehead atoms. The average Bonchev–Trinajstić information content (AvgIpc) is 2.68. The molecule has 1 fully saturated rings. The third-order valence-electron chi connectivity index (χ3n) is 1.94. The molecule has 0 saturated carbocycles. The summed E-state index contributed by atoms with van der Waals surface area (Å²) in [6.45, 7) is 1.97. The highest BCUT2D eigenvalue weighted by Crippen LogP contribution is 2.17. The third-order valence-corrected chi connectivity index (χ3v) is 1.94. The van der Waals surface area contributed by atoms with Crippen molar-refractivity contribution in [2.24, 2.45) is 0 Å². The van der Waals surface area contributed by atoms with E-state index < -0.39 is 5.97 Å². The molecule has 1 aromatic rings. The first-order valence-electron chi connectivity index (χ1n) is 4.28. The van der Waals surface area contributed by atoms with Crippen molar-refractivity contribution in [1.29, 1.82) is 0 Å². The van der Waals surface area contributed by atoms with Gasteiger partial charge < -0.3 is 19.6 Å². The van der Waals surface area contributed by atoms with E-state index in [0.717, 1.165) is 12.8 Å². The number of aromatic nitrogens is 1. The van der Waals surface area contributed by atoms with Gasteiger partial charge in [0.15, 0.2) is 5.69 Å². The second-order valence-corrected chi connectivity index (χ2v) is 2.94. The highest BCUT2D eigenvalue weighted by molar-refractivity contribution is 5.84. The lowest BCUT2D eigenvalue weighted by Gasteiger charge is -2.20. The van der Waals surface area contributed by atoms with Crippen LogP contribution in [0, 0.1) is 0 Å². The fourth-order valence-electron chi connectivity index (χ4n) is 1.26. The number of aromatic carboxylic acids is 1. The zero-order valence-corrected chi connectivity index (χ0v) is 7.40. The molecule has 0 spiro atoms. The first kappa shape index (κ1) is 9.17. The number of hydrogen-bond donors (Lipinski definition) is 2. The Morgan fingerprint density at radius 2 is 2.57 bits per heavy atom. The Labute approximate surface area is 79.9 Å². The van der Waals surface area contributed by atoms with Gasteiger partial charge in [-0.15, -0.1) is 0 Å². The van der Waals surface area contributed by atoms with Crippen LogP contribution in [0.4, 0.5) is 0 Å². The topological polar surface area (TPSA) is 84.6 Å². The Balaban J connectivity index is 2.11. The predicted molar refractivity (Wildman–Crippen MR) is 45.0 cm³/mol. The number of nitrogens with zero attached hydrogens (tertiary/aromatic N) is 1. The fourth-order valence-corrected chi connectivity index (χ4v) is 1.26. The summed E-state index contributed by atoms with van der Waals surface area (Å²) in [6, 6.07) is 0. The number of morpholine rings is 1. The minimum absolute atomic E-state index is 0.0887. The van der Waals surface area contributed by atoms with Gasteiger partial charge in [-0.2, -0.15) is 0 Å². The lowest BCUT2D eigenvalue weighted by molar-refractivity contribution is 0.0108. The molecule has 2 rings (SSSR count). The molecular formula is C8H10N2O4. The van der Waals surface area contributed by atoms with Gasteiger partial charge in [0, 0.05) is 13.1 Å². The van der Waals surface area contributed by atoms with Gasteiger partial charge in [-0.25, -0.2) is 9.78 Å². The molecule has 0 amide bonds. The average molecular weight is 198 g/mol. The smallest absolute Gasteiger partial charge is 0.357 e. The minimum Gasteiger partial charge on any atom is -0.476 e. The molecule has 6 heteroatoms. The molecule has 1 atom stereocenters. The van der Waals surface area contributed by atoms with Gasteiger partial charge in [-0.05, 0) is 0 Å². The summed E-state index contributed by atoms with van der Waals surface area (Å²) in [5.74, 6) is -0.779. The van der Waals surface area contributed by atoms with Crippen molar-refractivity contribution in [2.45, 2.75) is 6.10 Å². The number of rotatable bonds is 2. The van der Waals surface area contributed by atoms with Crippen LogP contribution in [-0.4, -0.2) is 35.8 Å². The lowest BCUT2D eigenvalue weighted by Crippen LogP contribution is -2.33. The largest absolute Gasteiger partial charge is 0.476 e. The molecule has 1 unspecified atom stereocenters. The van der Waals surface area contributed by atoms with E-state index in [1.807, 2.05) is 0 Å². The Morgan fingerprint density at radius 3 is 3.14 bits per heavy atom. The predicted octanol–water partition coefficient (Wildman–Crippen LogP) is 0.0337. The zero-order chi connectivity index (χ0) is 9.97. The normalized spacial score (nSPS) is 22.1. The van der Waals surface area contributed by atoms with Crippen LogP contribution in [0.15, 0.2) is 10.7 Å². The molecule has 0 aromatic carbocycles. The maximum Gasteiger partial charge on any atom is 0.357 e. The molecule has 14 heavy (non-hydrogen) atoms. The second-order valence-electron chi connectivity index (χ2n) is 2.94. The molecule has 6 nitrogen and oxygen atoms in total. The van der Waals surface area contributed by atoms with E-state index >= 15 is 0 Å². The van der Waals surface area contributed by atoms with E-state index in [0.29, 0.717) is 19.0 Å². The summed E-state index contributed by atoms with van der Waals surface area (Å²) in [7, 11) is 0. The molecule has 0 radical (unpaired) electrons. The van der Waals surface area contributed by atoms with Crippen LogP contribution in [0.25, 0.3) is 0 Å². The van der Waals surface area contributed by atoms with Crippen molar-refractivity contribution in [3.63, 3.8) is 0 Å². The van der Waals surface area contributed by atoms with Crippen LogP contribution in [0.2, 0.25) is 0 Å². The van der Waals surface area contributed by atoms with Gasteiger partial charge in [0.25, 0.3) is 0 Å². The molecule has 2 N–H and O–H groups in total. The number of ether oxygens (including phenoxy) is 1. The standard InChI is InChI=1S/C8H10N2O4/c11-8(12)5-4-14-7(10-5)6-3-9-1-2-13-6/h4,6,9H,1-3H2,(H,11,12). The Bertz CT molecular complexity index is 330. The lowest BCUT2D eigenvalue weighted by atomic mass is 10.3. The minimum atomic E-state index is -1.09. The maximum atomic E-state index is 10.5. The molecule has 1 aliphatic rings. The summed E-state index contributed by atoms with van der Waals surface area (Å²) in [5.41, 5.74) is -0.0887. The number of carbonyl (C=O) groups is 1. The molecule has 1 saturated heterocycles. The molecular weight excluding hydrogens is 188 g/mol. The summed E-state index contributed by atoms with van der Waals surface area (Å²) in [5, 5.41) is 11.7. The first-order valence-corrected chi connectivity index (χ1v) is 4.28. The van der Waals surface area contributed by atoms with Gasteiger partial charge >= 0.3 is 5.97 Å². The van der Waals surface area contributed by atoms with Crippen molar-refractivity contribution in [2.75, 3.05) is 19.7 Å². The van der Waals surface area contributed by atoms with E-state index in [1.165, 1.54) is 0 Å². The van der Waals surface area contributed by atoms with E-state index in [-0.39, 0.29) is 11.8 Å². The van der Waals surface area contributed by atoms with Gasteiger partial charge in [0.2, 0.25) is 5.89 Å². The summed E-state index contributed by atoms with van der Waals surface area (Å²) in [4.78, 5) is 14.3. The quantitative estimate of drug-likeness (QED) is 0.697. The summed E-state index contributed by atoms with van der Waals surface area (Å²) >= 11 is 0. The number of carboxylic acids is 1. The number of hydrogen-bond acceptors (Lipinski definition) is 5. The van der Waals surface area contributed by atoms with E-state index in [9.17, 15) is 4.79 Å². The summed E-state index contributed by atoms with van der Waals surface area (Å²) < 4.78 is 10.4. The summed E-state index contributed by atoms with van der Waals surface area (Å²) in [6.07, 6.45) is 0.840. The van der Waals surface area contributed by atoms with Crippen LogP contribution >= 0.6 is 0 Å². The van der Waals surface area contributed by atoms with Crippen molar-refractivity contribution >= 4 is 5.97 Å². The number of carboxylic acid groups (broad SMARTS) is 1. The zero-order valence-electron chi connectivity index (χ0n) is 7.40. The molecule has 1 aliphatic heterocycles. The van der Waals surface area contributed by atoms with Crippen LogP contribution in [0.5, 0.6) is 0 Å². The van der Waals surface area contributed by atoms with E-state index in [2.05, 4.69) is 10.3 Å². The SMILES string of the molecule is O=C(O)c1coc(C2CNCCO2)n1. The molecule has 76 valence electrons. The highest BCUT2D eigenvalue weighted by atomic mass is 16.5. The Hall–Kier alpha value is -1.40. The van der Waals surface area contributed by atoms with Crippen molar-refractivity contribution in [3.8, 4) is 0 Å². The Kier molecular flexibility index (Phi) is 2.47. The van der Waals surface area contributed by atoms with Crippen LogP contribution in [-0.2, 0) is 4.74 Å². The van der Waals surface area contributed by atoms with Gasteiger partial charge in [-0.3, -0.25) is 0 Å². The van der Waals surface area contributed by atoms with Crippen LogP contribution < -0.4 is 5.32 Å². The monoisotopic (exact) mass is 198 g/mol. The van der Waals surface area contributed by atoms with Crippen molar-refractivity contribution in [1.82, 2.24) is 10.3 Å². The second kappa shape index (κ2) is 3.77. The van der Waals surface area contributed by atoms with E-state index in [4.69, 9.17) is 14.3 Å². The number of nitrogens with one attached hydrogen (secondary N) is 1. The first-order chi connectivity index (χ1) is 6.77. The van der Waals surface area contributed by atoms with Gasteiger partial charge in [0.1, 0.15) is 12.4 Å². The third kappa shape index (κ3) is 1.75. The van der Waals surface area contributed by atoms with Gasteiger partial charge in [-0.1, -0.05) is 0 Å². The molecule has 1 aromatic heterocycles. The van der Waals surface area contributed by atoms with Crippen molar-refractivity contribution in [3.05, 3.63) is 17.8 Å². The van der Waals surface area contributed by atoms with Crippen LogP contribution in [0.3, 0.4) is 0 Å². The van der Waals surface area contributed by atoms with Gasteiger partial charge in [0.05, 0.1) is 6.61 Å². The molecule has 0 aliphatic carbocycles. The maximum absolute atomic E-state index is 10.5. The van der Waals surface area contributed by atoms with Crippen LogP contribution in [0.1, 0.15) is 22.5 Å². The van der Waals surface area contributed by atoms with E-state index in [1.54, 1.807) is 0 Å². The highest BCUT2D eigenvalue weighted by Gasteiger charge is 2.22. The number of oxazole rings is 1.